The van der Waals surface area contributed by atoms with Crippen LogP contribution < -0.4 is 0 Å². The minimum atomic E-state index is -3.69. The number of thiazole rings is 1. The maximum atomic E-state index is 13.5. The molecule has 1 amide bonds. The highest BCUT2D eigenvalue weighted by molar-refractivity contribution is 7.89. The number of pyridine rings is 1. The highest BCUT2D eigenvalue weighted by Crippen LogP contribution is 2.50. The predicted octanol–water partition coefficient (Wildman–Crippen LogP) is 2.72. The topological polar surface area (TPSA) is 83.5 Å². The van der Waals surface area contributed by atoms with Crippen molar-refractivity contribution in [3.63, 3.8) is 0 Å². The fraction of sp³-hybridized carbons (Fsp3) is 0.318. The van der Waals surface area contributed by atoms with E-state index in [0.29, 0.717) is 24.4 Å². The second-order valence-corrected chi connectivity index (χ2v) is 10.9. The Labute approximate surface area is 185 Å². The number of carbonyl (C=O) groups excluding carboxylic acids is 1. The van der Waals surface area contributed by atoms with Crippen LogP contribution in [-0.4, -0.2) is 46.6 Å². The molecule has 2 aliphatic heterocycles. The Morgan fingerprint density at radius 1 is 1.23 bits per heavy atom. The van der Waals surface area contributed by atoms with Gasteiger partial charge in [-0.25, -0.2) is 13.4 Å². The van der Waals surface area contributed by atoms with Crippen LogP contribution in [0.4, 0.5) is 0 Å². The van der Waals surface area contributed by atoms with Crippen molar-refractivity contribution in [2.75, 3.05) is 13.1 Å². The molecule has 0 radical (unpaired) electrons. The SMILES string of the molecule is Cc1nc(CN2C3(CCN(C(=O)Cc4cccnc4)C3)c3ccccc3S2(=O)=O)cs1. The number of aryl methyl sites for hydroxylation is 1. The van der Waals surface area contributed by atoms with Crippen molar-refractivity contribution in [1.29, 1.82) is 0 Å². The Morgan fingerprint density at radius 3 is 2.81 bits per heavy atom. The number of fused-ring (bicyclic) bond motifs is 2. The van der Waals surface area contributed by atoms with Crippen molar-refractivity contribution in [2.24, 2.45) is 0 Å². The molecule has 1 saturated heterocycles. The number of rotatable bonds is 4. The number of aromatic nitrogens is 2. The number of amides is 1. The summed E-state index contributed by atoms with van der Waals surface area (Å²) >= 11 is 1.51. The lowest BCUT2D eigenvalue weighted by molar-refractivity contribution is -0.129. The third kappa shape index (κ3) is 3.37. The van der Waals surface area contributed by atoms with E-state index >= 15 is 0 Å². The van der Waals surface area contributed by atoms with E-state index < -0.39 is 15.6 Å². The van der Waals surface area contributed by atoms with E-state index in [9.17, 15) is 13.2 Å². The largest absolute Gasteiger partial charge is 0.340 e. The monoisotopic (exact) mass is 454 g/mol. The number of benzene rings is 1. The molecule has 0 bridgehead atoms. The summed E-state index contributed by atoms with van der Waals surface area (Å²) in [5.74, 6) is -0.0175. The van der Waals surface area contributed by atoms with Gasteiger partial charge >= 0.3 is 0 Å². The first-order valence-corrected chi connectivity index (χ1v) is 12.4. The summed E-state index contributed by atoms with van der Waals surface area (Å²) in [6.07, 6.45) is 4.18. The second-order valence-electron chi connectivity index (χ2n) is 8.00. The van der Waals surface area contributed by atoms with E-state index in [1.807, 2.05) is 36.6 Å². The van der Waals surface area contributed by atoms with Crippen LogP contribution in [0.1, 0.15) is 28.2 Å². The van der Waals surface area contributed by atoms with Gasteiger partial charge in [0.05, 0.1) is 34.1 Å². The van der Waals surface area contributed by atoms with Crippen LogP contribution in [0.2, 0.25) is 0 Å². The smallest absolute Gasteiger partial charge is 0.244 e. The summed E-state index contributed by atoms with van der Waals surface area (Å²) in [6, 6.07) is 10.9. The van der Waals surface area contributed by atoms with Crippen molar-refractivity contribution in [3.8, 4) is 0 Å². The Hall–Kier alpha value is -2.62. The second kappa shape index (κ2) is 7.51. The molecule has 5 rings (SSSR count). The van der Waals surface area contributed by atoms with Gasteiger partial charge in [-0.2, -0.15) is 4.31 Å². The molecule has 2 aliphatic rings. The molecule has 0 aliphatic carbocycles. The summed E-state index contributed by atoms with van der Waals surface area (Å²) in [5, 5.41) is 2.81. The normalized spacial score (nSPS) is 22.2. The first-order chi connectivity index (χ1) is 14.9. The van der Waals surface area contributed by atoms with Crippen molar-refractivity contribution in [3.05, 3.63) is 76.0 Å². The molecule has 1 fully saturated rings. The number of nitrogens with zero attached hydrogens (tertiary/aromatic N) is 4. The van der Waals surface area contributed by atoms with Gasteiger partial charge in [-0.3, -0.25) is 9.78 Å². The van der Waals surface area contributed by atoms with E-state index in [-0.39, 0.29) is 18.9 Å². The van der Waals surface area contributed by atoms with Gasteiger partial charge in [0.1, 0.15) is 0 Å². The minimum absolute atomic E-state index is 0.0175. The zero-order valence-electron chi connectivity index (χ0n) is 17.1. The molecule has 1 aromatic carbocycles. The molecule has 0 saturated carbocycles. The van der Waals surface area contributed by atoms with Crippen molar-refractivity contribution < 1.29 is 13.2 Å². The van der Waals surface area contributed by atoms with Gasteiger partial charge < -0.3 is 4.90 Å². The van der Waals surface area contributed by atoms with Crippen LogP contribution >= 0.6 is 11.3 Å². The maximum Gasteiger partial charge on any atom is 0.244 e. The van der Waals surface area contributed by atoms with Crippen molar-refractivity contribution in [1.82, 2.24) is 19.2 Å². The van der Waals surface area contributed by atoms with E-state index in [4.69, 9.17) is 0 Å². The third-order valence-electron chi connectivity index (χ3n) is 6.08. The van der Waals surface area contributed by atoms with E-state index in [0.717, 1.165) is 21.8 Å². The average Bonchev–Trinajstić information content (AvgIpc) is 3.43. The lowest BCUT2D eigenvalue weighted by Gasteiger charge is -2.33. The van der Waals surface area contributed by atoms with E-state index in [1.54, 1.807) is 33.7 Å². The maximum absolute atomic E-state index is 13.5. The molecule has 4 heterocycles. The Morgan fingerprint density at radius 2 is 2.06 bits per heavy atom. The molecule has 9 heteroatoms. The Kier molecular flexibility index (Phi) is 4.91. The molecule has 0 N–H and O–H groups in total. The fourth-order valence-electron chi connectivity index (χ4n) is 4.64. The Balaban J connectivity index is 1.49. The van der Waals surface area contributed by atoms with Crippen molar-refractivity contribution in [2.45, 2.75) is 36.7 Å². The molecule has 1 spiro atoms. The van der Waals surface area contributed by atoms with Crippen LogP contribution in [0.5, 0.6) is 0 Å². The van der Waals surface area contributed by atoms with Crippen LogP contribution in [0.3, 0.4) is 0 Å². The quantitative estimate of drug-likeness (QED) is 0.605. The highest BCUT2D eigenvalue weighted by atomic mass is 32.2. The zero-order valence-corrected chi connectivity index (χ0v) is 18.7. The molecule has 1 atom stereocenters. The standard InChI is InChI=1S/C22H22N4O3S2/c1-16-24-18(14-30-16)13-26-22(19-6-2-3-7-20(19)31(26,28)29)8-10-25(15-22)21(27)11-17-5-4-9-23-12-17/h2-7,9,12,14H,8,10-11,13,15H2,1H3. The van der Waals surface area contributed by atoms with E-state index in [1.165, 1.54) is 11.3 Å². The summed E-state index contributed by atoms with van der Waals surface area (Å²) in [6.45, 7) is 2.96. The number of hydrogen-bond donors (Lipinski definition) is 0. The van der Waals surface area contributed by atoms with Gasteiger partial charge in [0.2, 0.25) is 15.9 Å². The molecule has 31 heavy (non-hydrogen) atoms. The molecular weight excluding hydrogens is 432 g/mol. The summed E-state index contributed by atoms with van der Waals surface area (Å²) in [5.41, 5.74) is 1.59. The van der Waals surface area contributed by atoms with Gasteiger partial charge in [-0.15, -0.1) is 11.3 Å². The van der Waals surface area contributed by atoms with Gasteiger partial charge in [0.25, 0.3) is 0 Å². The van der Waals surface area contributed by atoms with E-state index in [2.05, 4.69) is 9.97 Å². The molecule has 160 valence electrons. The molecule has 2 aromatic heterocycles. The van der Waals surface area contributed by atoms with Gasteiger partial charge in [0, 0.05) is 30.9 Å². The summed E-state index contributed by atoms with van der Waals surface area (Å²) in [4.78, 5) is 23.7. The zero-order chi connectivity index (χ0) is 21.6. The molecule has 3 aromatic rings. The highest BCUT2D eigenvalue weighted by Gasteiger charge is 2.57. The first-order valence-electron chi connectivity index (χ1n) is 10.1. The van der Waals surface area contributed by atoms with Crippen LogP contribution in [-0.2, 0) is 33.3 Å². The molecular formula is C22H22N4O3S2. The van der Waals surface area contributed by atoms with Gasteiger partial charge in [-0.1, -0.05) is 24.3 Å². The van der Waals surface area contributed by atoms with Crippen molar-refractivity contribution >= 4 is 27.3 Å². The number of sulfonamides is 1. The predicted molar refractivity (Wildman–Crippen MR) is 117 cm³/mol. The van der Waals surface area contributed by atoms with Crippen LogP contribution in [0, 0.1) is 6.92 Å². The average molecular weight is 455 g/mol. The lowest BCUT2D eigenvalue weighted by atomic mass is 9.89. The number of likely N-dealkylation sites (tertiary alicyclic amines) is 1. The Bertz CT molecular complexity index is 1240. The lowest BCUT2D eigenvalue weighted by Crippen LogP contribution is -2.46. The third-order valence-corrected chi connectivity index (χ3v) is 8.88. The van der Waals surface area contributed by atoms with Gasteiger partial charge in [0.15, 0.2) is 0 Å². The number of hydrogen-bond acceptors (Lipinski definition) is 6. The molecule has 1 unspecified atom stereocenters. The van der Waals surface area contributed by atoms with Crippen LogP contribution in [0.15, 0.2) is 59.1 Å². The van der Waals surface area contributed by atoms with Crippen LogP contribution in [0.25, 0.3) is 0 Å². The summed E-state index contributed by atoms with van der Waals surface area (Å²) in [7, 11) is -3.69. The summed E-state index contributed by atoms with van der Waals surface area (Å²) < 4.78 is 28.6. The first kappa shape index (κ1) is 20.3. The molecule has 7 nitrogen and oxygen atoms in total. The number of carbonyl (C=O) groups is 1. The van der Waals surface area contributed by atoms with Gasteiger partial charge in [-0.05, 0) is 36.6 Å². The minimum Gasteiger partial charge on any atom is -0.340 e. The fourth-order valence-corrected chi connectivity index (χ4v) is 7.28.